The average molecular weight is 251 g/mol. The molecule has 7 heteroatoms. The van der Waals surface area contributed by atoms with Crippen molar-refractivity contribution in [3.63, 3.8) is 0 Å². The fraction of sp³-hybridized carbons (Fsp3) is 0.300. The summed E-state index contributed by atoms with van der Waals surface area (Å²) in [5, 5.41) is 4.09. The summed E-state index contributed by atoms with van der Waals surface area (Å²) in [5.41, 5.74) is 6.24. The van der Waals surface area contributed by atoms with Crippen LogP contribution in [0.25, 0.3) is 0 Å². The van der Waals surface area contributed by atoms with Crippen molar-refractivity contribution in [1.29, 1.82) is 0 Å². The lowest BCUT2D eigenvalue weighted by Crippen LogP contribution is -2.06. The molecule has 0 bridgehead atoms. The van der Waals surface area contributed by atoms with Gasteiger partial charge in [0.05, 0.1) is 13.7 Å². The van der Waals surface area contributed by atoms with Gasteiger partial charge in [0.25, 0.3) is 0 Å². The lowest BCUT2D eigenvalue weighted by molar-refractivity contribution is 0.399. The molecular weight excluding hydrogens is 238 g/mol. The van der Waals surface area contributed by atoms with Crippen LogP contribution in [0, 0.1) is 6.92 Å². The van der Waals surface area contributed by atoms with Gasteiger partial charge < -0.3 is 15.8 Å². The minimum atomic E-state index is 0.373. The van der Waals surface area contributed by atoms with Gasteiger partial charge in [-0.25, -0.2) is 9.97 Å². The highest BCUT2D eigenvalue weighted by Gasteiger charge is 2.08. The van der Waals surface area contributed by atoms with Crippen LogP contribution in [0.1, 0.15) is 9.88 Å². The van der Waals surface area contributed by atoms with Crippen LogP contribution in [0.2, 0.25) is 0 Å². The number of methoxy groups -OCH3 is 1. The van der Waals surface area contributed by atoms with Gasteiger partial charge in [-0.3, -0.25) is 0 Å². The molecule has 17 heavy (non-hydrogen) atoms. The highest BCUT2D eigenvalue weighted by Crippen LogP contribution is 2.24. The summed E-state index contributed by atoms with van der Waals surface area (Å²) in [7, 11) is 1.52. The first-order valence-corrected chi connectivity index (χ1v) is 5.82. The second kappa shape index (κ2) is 4.96. The molecule has 2 aromatic rings. The van der Waals surface area contributed by atoms with Gasteiger partial charge in [0.15, 0.2) is 5.82 Å². The summed E-state index contributed by atoms with van der Waals surface area (Å²) in [6.45, 7) is 2.60. The molecule has 0 saturated heterocycles. The molecule has 2 aromatic heterocycles. The summed E-state index contributed by atoms with van der Waals surface area (Å²) in [4.78, 5) is 13.4. The van der Waals surface area contributed by atoms with Crippen molar-refractivity contribution in [3.8, 4) is 5.88 Å². The summed E-state index contributed by atoms with van der Waals surface area (Å²) < 4.78 is 5.01. The van der Waals surface area contributed by atoms with Gasteiger partial charge in [-0.1, -0.05) is 0 Å². The maximum absolute atomic E-state index is 5.83. The molecule has 0 aromatic carbocycles. The Morgan fingerprint density at radius 3 is 2.88 bits per heavy atom. The molecule has 0 atom stereocenters. The van der Waals surface area contributed by atoms with E-state index in [0.29, 0.717) is 23.9 Å². The zero-order valence-corrected chi connectivity index (χ0v) is 10.4. The smallest absolute Gasteiger partial charge is 0.242 e. The number of aromatic nitrogens is 3. The van der Waals surface area contributed by atoms with E-state index in [1.54, 1.807) is 11.3 Å². The van der Waals surface area contributed by atoms with Gasteiger partial charge in [-0.2, -0.15) is 4.98 Å². The normalized spacial score (nSPS) is 10.2. The SMILES string of the molecule is COc1ncnc(NCc2ncc(C)s2)c1N. The van der Waals surface area contributed by atoms with Crippen molar-refractivity contribution in [1.82, 2.24) is 15.0 Å². The van der Waals surface area contributed by atoms with Crippen molar-refractivity contribution in [2.24, 2.45) is 0 Å². The van der Waals surface area contributed by atoms with Crippen molar-refractivity contribution in [2.45, 2.75) is 13.5 Å². The molecule has 0 spiro atoms. The van der Waals surface area contributed by atoms with Crippen LogP contribution >= 0.6 is 11.3 Å². The molecule has 0 amide bonds. The average Bonchev–Trinajstić information content (AvgIpc) is 2.74. The number of nitrogens with two attached hydrogens (primary N) is 1. The van der Waals surface area contributed by atoms with E-state index in [4.69, 9.17) is 10.5 Å². The first kappa shape index (κ1) is 11.6. The van der Waals surface area contributed by atoms with Crippen LogP contribution in [0.15, 0.2) is 12.5 Å². The third kappa shape index (κ3) is 2.62. The van der Waals surface area contributed by atoms with E-state index in [-0.39, 0.29) is 0 Å². The number of nitrogen functional groups attached to an aromatic ring is 1. The summed E-state index contributed by atoms with van der Waals surface area (Å²) in [6.07, 6.45) is 3.25. The van der Waals surface area contributed by atoms with E-state index in [1.165, 1.54) is 18.3 Å². The summed E-state index contributed by atoms with van der Waals surface area (Å²) >= 11 is 1.63. The monoisotopic (exact) mass is 251 g/mol. The predicted octanol–water partition coefficient (Wildman–Crippen LogP) is 1.44. The summed E-state index contributed by atoms with van der Waals surface area (Å²) in [5.74, 6) is 0.933. The molecule has 90 valence electrons. The maximum Gasteiger partial charge on any atom is 0.242 e. The Hall–Kier alpha value is -1.89. The number of thiazole rings is 1. The molecular formula is C10H13N5OS. The van der Waals surface area contributed by atoms with Gasteiger partial charge in [-0.15, -0.1) is 11.3 Å². The van der Waals surface area contributed by atoms with E-state index < -0.39 is 0 Å². The Kier molecular flexibility index (Phi) is 3.38. The number of aryl methyl sites for hydroxylation is 1. The van der Waals surface area contributed by atoms with Crippen LogP contribution in [0.5, 0.6) is 5.88 Å². The van der Waals surface area contributed by atoms with Crippen LogP contribution in [-0.4, -0.2) is 22.1 Å². The standard InChI is InChI=1S/C10H13N5OS/c1-6-3-12-7(17-6)4-13-9-8(11)10(16-2)15-5-14-9/h3,5H,4,11H2,1-2H3,(H,13,14,15). The fourth-order valence-electron chi connectivity index (χ4n) is 1.33. The molecule has 3 N–H and O–H groups in total. The van der Waals surface area contributed by atoms with E-state index >= 15 is 0 Å². The molecule has 0 radical (unpaired) electrons. The molecule has 0 unspecified atom stereocenters. The van der Waals surface area contributed by atoms with Gasteiger partial charge in [0.2, 0.25) is 5.88 Å². The number of nitrogens with zero attached hydrogens (tertiary/aromatic N) is 3. The fourth-order valence-corrected chi connectivity index (χ4v) is 2.05. The zero-order chi connectivity index (χ0) is 12.3. The number of ether oxygens (including phenoxy) is 1. The number of hydrogen-bond acceptors (Lipinski definition) is 7. The first-order valence-electron chi connectivity index (χ1n) is 5.00. The molecule has 2 rings (SSSR count). The molecule has 0 aliphatic heterocycles. The number of anilines is 2. The highest BCUT2D eigenvalue weighted by molar-refractivity contribution is 7.11. The van der Waals surface area contributed by atoms with Gasteiger partial charge >= 0.3 is 0 Å². The quantitative estimate of drug-likeness (QED) is 0.855. The third-order valence-corrected chi connectivity index (χ3v) is 3.03. The van der Waals surface area contributed by atoms with Crippen LogP contribution in [0.4, 0.5) is 11.5 Å². The van der Waals surface area contributed by atoms with Crippen LogP contribution in [0.3, 0.4) is 0 Å². The molecule has 0 fully saturated rings. The molecule has 0 saturated carbocycles. The largest absolute Gasteiger partial charge is 0.479 e. The third-order valence-electron chi connectivity index (χ3n) is 2.12. The van der Waals surface area contributed by atoms with Crippen molar-refractivity contribution in [3.05, 3.63) is 22.4 Å². The van der Waals surface area contributed by atoms with E-state index in [2.05, 4.69) is 20.3 Å². The Morgan fingerprint density at radius 2 is 2.24 bits per heavy atom. The lowest BCUT2D eigenvalue weighted by atomic mass is 10.4. The topological polar surface area (TPSA) is 86.0 Å². The number of hydrogen-bond donors (Lipinski definition) is 2. The van der Waals surface area contributed by atoms with Crippen LogP contribution < -0.4 is 15.8 Å². The van der Waals surface area contributed by atoms with Gasteiger partial charge in [-0.05, 0) is 6.92 Å². The Balaban J connectivity index is 2.09. The molecule has 2 heterocycles. The van der Waals surface area contributed by atoms with Crippen LogP contribution in [-0.2, 0) is 6.54 Å². The van der Waals surface area contributed by atoms with Crippen molar-refractivity contribution < 1.29 is 4.74 Å². The van der Waals surface area contributed by atoms with Gasteiger partial charge in [0.1, 0.15) is 17.0 Å². The van der Waals surface area contributed by atoms with E-state index in [9.17, 15) is 0 Å². The molecule has 0 aliphatic rings. The first-order chi connectivity index (χ1) is 8.20. The van der Waals surface area contributed by atoms with Crippen molar-refractivity contribution >= 4 is 22.8 Å². The Morgan fingerprint density at radius 1 is 1.41 bits per heavy atom. The number of rotatable bonds is 4. The number of nitrogens with one attached hydrogen (secondary N) is 1. The van der Waals surface area contributed by atoms with E-state index in [1.807, 2.05) is 13.1 Å². The maximum atomic E-state index is 5.83. The minimum Gasteiger partial charge on any atom is -0.479 e. The lowest BCUT2D eigenvalue weighted by Gasteiger charge is -2.08. The second-order valence-corrected chi connectivity index (χ2v) is 4.68. The summed E-state index contributed by atoms with van der Waals surface area (Å²) in [6, 6.07) is 0. The predicted molar refractivity (Wildman–Crippen MR) is 67.2 cm³/mol. The second-order valence-electron chi connectivity index (χ2n) is 3.36. The highest BCUT2D eigenvalue weighted by atomic mass is 32.1. The van der Waals surface area contributed by atoms with E-state index in [0.717, 1.165) is 5.01 Å². The Bertz CT molecular complexity index is 513. The van der Waals surface area contributed by atoms with Gasteiger partial charge in [0, 0.05) is 11.1 Å². The molecule has 6 nitrogen and oxygen atoms in total. The molecule has 0 aliphatic carbocycles. The Labute approximate surface area is 103 Å². The zero-order valence-electron chi connectivity index (χ0n) is 9.60. The van der Waals surface area contributed by atoms with Crippen molar-refractivity contribution in [2.75, 3.05) is 18.2 Å². The minimum absolute atomic E-state index is 0.373.